The molecule has 0 spiro atoms. The van der Waals surface area contributed by atoms with Crippen LogP contribution in [0.2, 0.25) is 0 Å². The summed E-state index contributed by atoms with van der Waals surface area (Å²) in [5, 5.41) is 7.45. The lowest BCUT2D eigenvalue weighted by Gasteiger charge is -2.34. The minimum atomic E-state index is -4.07. The molecule has 0 aromatic rings. The Bertz CT molecular complexity index is 313. The van der Waals surface area contributed by atoms with Gasteiger partial charge in [0.15, 0.2) is 0 Å². The summed E-state index contributed by atoms with van der Waals surface area (Å²) in [6.45, 7) is 5.30. The maximum atomic E-state index is 12.7. The molecular weight excluding hydrogens is 255 g/mol. The molecule has 6 heteroatoms. The third kappa shape index (κ3) is 5.01. The second-order valence-electron chi connectivity index (χ2n) is 6.08. The summed E-state index contributed by atoms with van der Waals surface area (Å²) in [7, 11) is 0. The number of rotatable bonds is 5. The van der Waals surface area contributed by atoms with Crippen LogP contribution in [0.3, 0.4) is 0 Å². The Morgan fingerprint density at radius 1 is 1.37 bits per heavy atom. The molecular formula is C13H24F3N3. The van der Waals surface area contributed by atoms with E-state index in [2.05, 4.69) is 0 Å². The number of halogens is 3. The Morgan fingerprint density at radius 3 is 2.53 bits per heavy atom. The summed E-state index contributed by atoms with van der Waals surface area (Å²) < 4.78 is 38.0. The van der Waals surface area contributed by atoms with Crippen molar-refractivity contribution >= 4 is 5.84 Å². The lowest BCUT2D eigenvalue weighted by molar-refractivity contribution is -0.186. The zero-order chi connectivity index (χ0) is 14.7. The first-order chi connectivity index (χ1) is 8.63. The lowest BCUT2D eigenvalue weighted by Crippen LogP contribution is -2.42. The van der Waals surface area contributed by atoms with Crippen molar-refractivity contribution in [3.05, 3.63) is 0 Å². The van der Waals surface area contributed by atoms with Crippen molar-refractivity contribution < 1.29 is 13.2 Å². The Morgan fingerprint density at radius 2 is 2.00 bits per heavy atom. The number of hydrogen-bond acceptors (Lipinski definition) is 2. The highest BCUT2D eigenvalue weighted by Gasteiger charge is 2.41. The molecule has 0 aromatic carbocycles. The highest BCUT2D eigenvalue weighted by molar-refractivity contribution is 5.82. The molecule has 0 bridgehead atoms. The molecule has 0 aliphatic carbocycles. The number of nitrogens with zero attached hydrogens (tertiary/aromatic N) is 1. The molecule has 1 fully saturated rings. The van der Waals surface area contributed by atoms with Gasteiger partial charge in [0.2, 0.25) is 0 Å². The first-order valence-electron chi connectivity index (χ1n) is 6.76. The predicted molar refractivity (Wildman–Crippen MR) is 70.1 cm³/mol. The highest BCUT2D eigenvalue weighted by Crippen LogP contribution is 2.33. The van der Waals surface area contributed by atoms with E-state index in [0.717, 1.165) is 19.4 Å². The molecule has 1 saturated heterocycles. The second-order valence-corrected chi connectivity index (χ2v) is 6.08. The fourth-order valence-corrected chi connectivity index (χ4v) is 2.41. The van der Waals surface area contributed by atoms with Crippen LogP contribution < -0.4 is 5.73 Å². The van der Waals surface area contributed by atoms with Crippen LogP contribution in [0.5, 0.6) is 0 Å². The number of amidine groups is 1. The average Bonchev–Trinajstić information content (AvgIpc) is 2.28. The smallest absolute Gasteiger partial charge is 0.387 e. The van der Waals surface area contributed by atoms with Crippen molar-refractivity contribution in [2.45, 2.75) is 45.7 Å². The van der Waals surface area contributed by atoms with Crippen LogP contribution in [-0.2, 0) is 0 Å². The fourth-order valence-electron chi connectivity index (χ4n) is 2.41. The summed E-state index contributed by atoms with van der Waals surface area (Å²) in [6.07, 6.45) is -1.71. The van der Waals surface area contributed by atoms with Crippen molar-refractivity contribution in [2.75, 3.05) is 19.6 Å². The fraction of sp³-hybridized carbons (Fsp3) is 0.923. The molecule has 0 aromatic heterocycles. The van der Waals surface area contributed by atoms with Gasteiger partial charge < -0.3 is 10.6 Å². The number of hydrogen-bond donors (Lipinski definition) is 2. The van der Waals surface area contributed by atoms with Gasteiger partial charge in [0.1, 0.15) is 0 Å². The van der Waals surface area contributed by atoms with Gasteiger partial charge in [0, 0.05) is 12.0 Å². The molecule has 3 N–H and O–H groups in total. The Labute approximate surface area is 112 Å². The van der Waals surface area contributed by atoms with Crippen LogP contribution in [-0.4, -0.2) is 36.5 Å². The first kappa shape index (κ1) is 16.3. The largest absolute Gasteiger partial charge is 0.393 e. The SMILES string of the molecule is CC(C)(CCCN1CCCC(C(F)(F)F)C1)C(=N)N. The van der Waals surface area contributed by atoms with Gasteiger partial charge in [0.25, 0.3) is 0 Å². The standard InChI is InChI=1S/C13H24F3N3/c1-12(2,11(17)18)6-4-8-19-7-3-5-10(9-19)13(14,15)16/h10H,3-9H2,1-2H3,(H3,17,18). The molecule has 0 saturated carbocycles. The van der Waals surface area contributed by atoms with Gasteiger partial charge in [0.05, 0.1) is 11.8 Å². The van der Waals surface area contributed by atoms with Crippen molar-refractivity contribution in [2.24, 2.45) is 17.1 Å². The van der Waals surface area contributed by atoms with Crippen LogP contribution >= 0.6 is 0 Å². The van der Waals surface area contributed by atoms with Crippen molar-refractivity contribution in [1.29, 1.82) is 5.41 Å². The van der Waals surface area contributed by atoms with Gasteiger partial charge in [-0.1, -0.05) is 13.8 Å². The number of likely N-dealkylation sites (tertiary alicyclic amines) is 1. The van der Waals surface area contributed by atoms with Crippen molar-refractivity contribution in [1.82, 2.24) is 4.90 Å². The molecule has 1 aliphatic rings. The van der Waals surface area contributed by atoms with Gasteiger partial charge in [-0.3, -0.25) is 5.41 Å². The van der Waals surface area contributed by atoms with E-state index in [1.165, 1.54) is 0 Å². The maximum absolute atomic E-state index is 12.7. The summed E-state index contributed by atoms with van der Waals surface area (Å²) in [5.41, 5.74) is 5.13. The topological polar surface area (TPSA) is 53.1 Å². The number of nitrogens with one attached hydrogen (secondary N) is 1. The van der Waals surface area contributed by atoms with Gasteiger partial charge >= 0.3 is 6.18 Å². The molecule has 0 amide bonds. The number of alkyl halides is 3. The van der Waals surface area contributed by atoms with Gasteiger partial charge in [-0.25, -0.2) is 0 Å². The normalized spacial score (nSPS) is 22.5. The van der Waals surface area contributed by atoms with E-state index in [1.807, 2.05) is 18.7 Å². The van der Waals surface area contributed by atoms with Crippen LogP contribution in [0.25, 0.3) is 0 Å². The van der Waals surface area contributed by atoms with Crippen molar-refractivity contribution in [3.63, 3.8) is 0 Å². The summed E-state index contributed by atoms with van der Waals surface area (Å²) >= 11 is 0. The number of piperidine rings is 1. The van der Waals surface area contributed by atoms with E-state index < -0.39 is 12.1 Å². The molecule has 112 valence electrons. The third-order valence-electron chi connectivity index (χ3n) is 3.97. The summed E-state index contributed by atoms with van der Waals surface area (Å²) in [5.74, 6) is -1.04. The van der Waals surface area contributed by atoms with E-state index >= 15 is 0 Å². The molecule has 3 nitrogen and oxygen atoms in total. The Balaban J connectivity index is 2.36. The zero-order valence-electron chi connectivity index (χ0n) is 11.7. The van der Waals surface area contributed by atoms with E-state index in [1.54, 1.807) is 0 Å². The first-order valence-corrected chi connectivity index (χ1v) is 6.76. The third-order valence-corrected chi connectivity index (χ3v) is 3.97. The molecule has 19 heavy (non-hydrogen) atoms. The molecule has 1 aliphatic heterocycles. The quantitative estimate of drug-likeness (QED) is 0.600. The van der Waals surface area contributed by atoms with Gasteiger partial charge in [-0.05, 0) is 38.8 Å². The molecule has 1 unspecified atom stereocenters. The second kappa shape index (κ2) is 6.11. The maximum Gasteiger partial charge on any atom is 0.393 e. The molecule has 1 rings (SSSR count). The van der Waals surface area contributed by atoms with Crippen molar-refractivity contribution in [3.8, 4) is 0 Å². The number of nitrogens with two attached hydrogens (primary N) is 1. The molecule has 1 atom stereocenters. The van der Waals surface area contributed by atoms with Gasteiger partial charge in [-0.2, -0.15) is 13.2 Å². The minimum Gasteiger partial charge on any atom is -0.387 e. The lowest BCUT2D eigenvalue weighted by atomic mass is 9.86. The predicted octanol–water partition coefficient (Wildman–Crippen LogP) is 3.00. The van der Waals surface area contributed by atoms with E-state index in [-0.39, 0.29) is 24.2 Å². The van der Waals surface area contributed by atoms with E-state index in [0.29, 0.717) is 13.0 Å². The Kier molecular flexibility index (Phi) is 5.24. The highest BCUT2D eigenvalue weighted by atomic mass is 19.4. The van der Waals surface area contributed by atoms with E-state index in [9.17, 15) is 13.2 Å². The summed E-state index contributed by atoms with van der Waals surface area (Å²) in [4.78, 5) is 1.89. The Hall–Kier alpha value is -0.780. The monoisotopic (exact) mass is 279 g/mol. The molecule has 1 heterocycles. The van der Waals surface area contributed by atoms with Gasteiger partial charge in [-0.15, -0.1) is 0 Å². The minimum absolute atomic E-state index is 0.115. The van der Waals surface area contributed by atoms with E-state index in [4.69, 9.17) is 11.1 Å². The van der Waals surface area contributed by atoms with Crippen LogP contribution in [0.15, 0.2) is 0 Å². The average molecular weight is 279 g/mol. The van der Waals surface area contributed by atoms with Crippen LogP contribution in [0, 0.1) is 16.7 Å². The zero-order valence-corrected chi connectivity index (χ0v) is 11.7. The summed E-state index contributed by atoms with van der Waals surface area (Å²) in [6, 6.07) is 0. The molecule has 0 radical (unpaired) electrons. The van der Waals surface area contributed by atoms with Crippen LogP contribution in [0.1, 0.15) is 39.5 Å². The van der Waals surface area contributed by atoms with Crippen LogP contribution in [0.4, 0.5) is 13.2 Å².